The molecule has 6 aliphatic carbocycles. The van der Waals surface area contributed by atoms with E-state index >= 15 is 0 Å². The van der Waals surface area contributed by atoms with Crippen LogP contribution in [0.4, 0.5) is 63.6 Å². The number of nitrogens with one attached hydrogen (secondary N) is 6. The molecule has 7 fully saturated rings. The standard InChI is InChI=1S/C25H26FN7O2.C25H27FN6O.C24H25FN6O.C23H25FN6O/c1-12-3-4-14(9-29-12)35-25-30-20-7-15-16(5-13(26)6-19(15)28-2)22(20)24(32-25)33-10-17-18(11-33)23(17)31-21(34)8-27;1-14-5-6-17(11-29-14)33-25-30-21-10-18-19(8-16(26)9-20(18)27-2)23(21)24(31-25)32-12-15-4-3-7-28-22(15)13-32;1-13-3-4-16(10-28-13)32-23-29-20-9-17-18(7-15(25)8-19(17)27-2)21(20)22(30-23)31-11-14(12-31)24(26)5-6-24;1-13-5-6-16(11-27-13)31-23-28-20-10-17-18(8-14(24)9-19(17)26-2)21(20)22(29-23)30-7-3-4-15(25)12-30/h3-6,9,17-18,23,28H,7-8,10-11,27H2,1-2H3,(H,31,34);5-6,8-9,11,15,22,27-28H,3-4,7,10,12-13H2,1-2H3;3-4,7-8,10,14,27H,5-6,9,11-12,26H2,1-2H3;5-6,8-9,11,15,26H,3-4,7,10,12,25H2,1-2H3/t;15-,22+;;15-/m.0.0/s1. The summed E-state index contributed by atoms with van der Waals surface area (Å²) in [6, 6.07) is 29.1. The van der Waals surface area contributed by atoms with Crippen LogP contribution in [0.2, 0.25) is 0 Å². The van der Waals surface area contributed by atoms with Crippen molar-refractivity contribution in [3.8, 4) is 91.5 Å². The Balaban J connectivity index is 0.000000109. The zero-order valence-electron chi connectivity index (χ0n) is 74.2. The van der Waals surface area contributed by atoms with E-state index in [0.29, 0.717) is 91.0 Å². The van der Waals surface area contributed by atoms with Crippen LogP contribution in [0.15, 0.2) is 122 Å². The number of aryl methyl sites for hydroxylation is 4. The molecule has 2 saturated carbocycles. The molecular formula is C97H103F4N25O5. The van der Waals surface area contributed by atoms with Crippen molar-refractivity contribution in [1.82, 2.24) is 70.4 Å². The van der Waals surface area contributed by atoms with Crippen LogP contribution in [0.3, 0.4) is 0 Å². The highest BCUT2D eigenvalue weighted by Gasteiger charge is 2.58. The molecule has 5 atom stereocenters. The lowest BCUT2D eigenvalue weighted by atomic mass is 9.89. The predicted molar refractivity (Wildman–Crippen MR) is 493 cm³/mol. The second-order valence-corrected chi connectivity index (χ2v) is 35.8. The minimum absolute atomic E-state index is 0.0101. The topological polar surface area (TPSA) is 372 Å². The predicted octanol–water partition coefficient (Wildman–Crippen LogP) is 13.4. The lowest BCUT2D eigenvalue weighted by Crippen LogP contribution is -2.56. The Morgan fingerprint density at radius 1 is 0.450 bits per heavy atom. The summed E-state index contributed by atoms with van der Waals surface area (Å²) < 4.78 is 81.8. The third-order valence-electron chi connectivity index (χ3n) is 27.0. The molecule has 13 heterocycles. The number of nitrogens with two attached hydrogens (primary N) is 3. The molecule has 8 aromatic heterocycles. The van der Waals surface area contributed by atoms with Crippen LogP contribution >= 0.6 is 0 Å². The van der Waals surface area contributed by atoms with E-state index in [1.54, 1.807) is 76.3 Å². The Bertz CT molecular complexity index is 6410. The molecule has 12 aromatic rings. The quantitative estimate of drug-likeness (QED) is 0.0340. The van der Waals surface area contributed by atoms with Crippen molar-refractivity contribution in [2.45, 2.75) is 116 Å². The smallest absolute Gasteiger partial charge is 0.324 e. The van der Waals surface area contributed by atoms with Crippen molar-refractivity contribution in [3.05, 3.63) is 213 Å². The second-order valence-electron chi connectivity index (χ2n) is 35.8. The van der Waals surface area contributed by atoms with E-state index in [2.05, 4.69) is 71.4 Å². The zero-order valence-corrected chi connectivity index (χ0v) is 74.2. The number of amides is 1. The number of rotatable bonds is 19. The average Bonchev–Trinajstić information content (AvgIpc) is 1.57. The van der Waals surface area contributed by atoms with Gasteiger partial charge in [-0.05, 0) is 220 Å². The van der Waals surface area contributed by atoms with Crippen LogP contribution in [0.1, 0.15) is 106 Å². The zero-order chi connectivity index (χ0) is 90.4. The van der Waals surface area contributed by atoms with Crippen LogP contribution in [0, 0.1) is 74.6 Å². The SMILES string of the molecule is CNc1cc(F)cc2c1Cc1nc(Oc3ccc(C)nc3)nc(N3CC(C4(N)CC4)C3)c1-2.CNc1cc(F)cc2c1Cc1nc(Oc3ccc(C)nc3)nc(N3CC4C(C3)C4NC(=O)CN)c1-2.CNc1cc(F)cc2c1Cc1nc(Oc3ccc(C)nc3)nc(N3CCC[C@H](N)C3)c1-2.CNc1cc(F)cc2c1Cc1nc(Oc3ccc(C)nc3)nc(N3C[C@@H]4CCCN[C@@H]4C3)c1-2. The van der Waals surface area contributed by atoms with Crippen molar-refractivity contribution in [2.75, 3.05) is 135 Å². The number of fused-ring (bicyclic) bond motifs is 14. The number of halogens is 4. The maximum Gasteiger partial charge on any atom is 0.324 e. The van der Waals surface area contributed by atoms with Crippen LogP contribution < -0.4 is 87.6 Å². The third kappa shape index (κ3) is 17.1. The van der Waals surface area contributed by atoms with Crippen molar-refractivity contribution >= 4 is 51.9 Å². The van der Waals surface area contributed by atoms with Crippen molar-refractivity contribution in [1.29, 1.82) is 0 Å². The number of carbonyl (C=O) groups excluding carboxylic acids is 1. The molecule has 12 N–H and O–H groups in total. The third-order valence-corrected chi connectivity index (χ3v) is 27.0. The van der Waals surface area contributed by atoms with Crippen LogP contribution in [-0.4, -0.2) is 183 Å². The summed E-state index contributed by atoms with van der Waals surface area (Å²) in [6.45, 7) is 15.2. The Morgan fingerprint density at radius 2 is 0.802 bits per heavy atom. The molecule has 1 amide bonds. The molecule has 11 aliphatic rings. The number of nitrogens with zero attached hydrogens (tertiary/aromatic N) is 16. The van der Waals surface area contributed by atoms with Crippen molar-refractivity contribution in [3.63, 3.8) is 0 Å². The van der Waals surface area contributed by atoms with Gasteiger partial charge in [0.15, 0.2) is 0 Å². The second kappa shape index (κ2) is 35.0. The Morgan fingerprint density at radius 3 is 1.12 bits per heavy atom. The summed E-state index contributed by atoms with van der Waals surface area (Å²) in [5.74, 6) is 5.85. The highest BCUT2D eigenvalue weighted by atomic mass is 19.1. The van der Waals surface area contributed by atoms with E-state index in [9.17, 15) is 22.4 Å². The Kier molecular flexibility index (Phi) is 22.9. The van der Waals surface area contributed by atoms with Crippen LogP contribution in [0.25, 0.3) is 44.5 Å². The lowest BCUT2D eigenvalue weighted by Gasteiger charge is -2.44. The number of aromatic nitrogens is 12. The number of hydrogen-bond donors (Lipinski definition) is 9. The number of benzene rings is 4. The molecule has 5 aliphatic heterocycles. The fourth-order valence-corrected chi connectivity index (χ4v) is 20.0. The summed E-state index contributed by atoms with van der Waals surface area (Å²) in [7, 11) is 7.21. The highest BCUT2D eigenvalue weighted by molar-refractivity contribution is 5.92. The summed E-state index contributed by atoms with van der Waals surface area (Å²) >= 11 is 0. The average molecular weight is 1780 g/mol. The molecule has 23 rings (SSSR count). The maximum atomic E-state index is 14.5. The monoisotopic (exact) mass is 1770 g/mol. The molecule has 4 aromatic carbocycles. The molecule has 0 bridgehead atoms. The Hall–Kier alpha value is -13.6. The van der Waals surface area contributed by atoms with Gasteiger partial charge in [0.25, 0.3) is 0 Å². The first-order valence-electron chi connectivity index (χ1n) is 44.8. The van der Waals surface area contributed by atoms with Crippen molar-refractivity contribution in [2.24, 2.45) is 40.9 Å². The van der Waals surface area contributed by atoms with Crippen LogP contribution in [0.5, 0.6) is 47.0 Å². The number of carbonyl (C=O) groups is 1. The number of hydrogen-bond acceptors (Lipinski definition) is 29. The first kappa shape index (κ1) is 85.5. The van der Waals surface area contributed by atoms with E-state index in [-0.39, 0.29) is 71.4 Å². The van der Waals surface area contributed by atoms with Gasteiger partial charge in [-0.1, -0.05) is 0 Å². The minimum Gasteiger partial charge on any atom is -0.423 e. The van der Waals surface area contributed by atoms with Gasteiger partial charge in [0, 0.05) is 215 Å². The van der Waals surface area contributed by atoms with Gasteiger partial charge in [0.1, 0.15) is 69.5 Å². The number of piperidine rings is 3. The van der Waals surface area contributed by atoms with E-state index < -0.39 is 0 Å². The number of pyridine rings is 4. The van der Waals surface area contributed by atoms with E-state index in [4.69, 9.17) is 76.0 Å². The van der Waals surface area contributed by atoms with E-state index in [0.717, 1.165) is 236 Å². The lowest BCUT2D eigenvalue weighted by molar-refractivity contribution is -0.120. The van der Waals surface area contributed by atoms with Crippen molar-refractivity contribution < 1.29 is 41.3 Å². The van der Waals surface area contributed by atoms with E-state index in [1.165, 1.54) is 31.0 Å². The summed E-state index contributed by atoms with van der Waals surface area (Å²) in [5.41, 5.74) is 39.1. The molecule has 0 radical (unpaired) electrons. The first-order valence-corrected chi connectivity index (χ1v) is 44.8. The summed E-state index contributed by atoms with van der Waals surface area (Å²) in [6.07, 6.45) is 15.5. The number of anilines is 8. The fraction of sp³-hybridized carbons (Fsp3) is 0.371. The molecule has 5 saturated heterocycles. The van der Waals surface area contributed by atoms with Crippen LogP contribution in [-0.2, 0) is 30.5 Å². The fourth-order valence-electron chi connectivity index (χ4n) is 20.0. The van der Waals surface area contributed by atoms with Gasteiger partial charge in [0.2, 0.25) is 5.91 Å². The molecule has 34 heteroatoms. The van der Waals surface area contributed by atoms with Gasteiger partial charge in [-0.15, -0.1) is 0 Å². The molecular weight excluding hydrogens is 1670 g/mol. The summed E-state index contributed by atoms with van der Waals surface area (Å²) in [4.78, 5) is 75.9. The molecule has 0 spiro atoms. The van der Waals surface area contributed by atoms with Gasteiger partial charge in [-0.25, -0.2) is 17.6 Å². The molecule has 30 nitrogen and oxygen atoms in total. The van der Waals surface area contributed by atoms with Gasteiger partial charge >= 0.3 is 24.0 Å². The van der Waals surface area contributed by atoms with Gasteiger partial charge in [-0.2, -0.15) is 39.9 Å². The number of ether oxygens (including phenoxy) is 4. The highest BCUT2D eigenvalue weighted by Crippen LogP contribution is 2.55. The minimum atomic E-state index is -0.313. The largest absolute Gasteiger partial charge is 0.423 e. The van der Waals surface area contributed by atoms with E-state index in [1.807, 2.05) is 83.3 Å². The molecule has 2 unspecified atom stereocenters. The molecule has 131 heavy (non-hydrogen) atoms. The normalized spacial score (nSPS) is 19.4. The van der Waals surface area contributed by atoms with Gasteiger partial charge in [-0.3, -0.25) is 24.7 Å². The van der Waals surface area contributed by atoms with Gasteiger partial charge in [0.05, 0.1) is 54.1 Å². The maximum absolute atomic E-state index is 14.5. The molecule has 674 valence electrons. The summed E-state index contributed by atoms with van der Waals surface area (Å²) in [5, 5.41) is 19.1. The van der Waals surface area contributed by atoms with Gasteiger partial charge < -0.3 is 87.6 Å². The Labute approximate surface area is 755 Å². The first-order chi connectivity index (χ1) is 63.5.